The van der Waals surface area contributed by atoms with Crippen LogP contribution in [-0.2, 0) is 11.3 Å². The summed E-state index contributed by atoms with van der Waals surface area (Å²) in [6, 6.07) is 12.0. The minimum Gasteiger partial charge on any atom is -0.487 e. The molecule has 3 aromatic carbocycles. The third kappa shape index (κ3) is 8.71. The van der Waals surface area contributed by atoms with Gasteiger partial charge in [0, 0.05) is 17.9 Å². The van der Waals surface area contributed by atoms with Gasteiger partial charge in [-0.1, -0.05) is 40.9 Å². The number of carbonyl (C=O) groups is 3. The molecule has 0 atom stereocenters. The molecule has 0 bridgehead atoms. The fraction of sp³-hybridized carbons (Fsp3) is 0.250. The van der Waals surface area contributed by atoms with Crippen LogP contribution in [-0.4, -0.2) is 36.9 Å². The molecule has 0 aliphatic heterocycles. The van der Waals surface area contributed by atoms with Crippen LogP contribution < -0.4 is 20.7 Å². The second-order valence-corrected chi connectivity index (χ2v) is 10.8. The van der Waals surface area contributed by atoms with Crippen molar-refractivity contribution in [3.05, 3.63) is 86.4 Å². The number of rotatable bonds is 10. The fourth-order valence-corrected chi connectivity index (χ4v) is 3.92. The molecule has 0 aliphatic carbocycles. The summed E-state index contributed by atoms with van der Waals surface area (Å²) >= 11 is 18.0. The van der Waals surface area contributed by atoms with Gasteiger partial charge in [0.1, 0.15) is 17.8 Å². The number of nitrogens with one attached hydrogen (secondary N) is 3. The third-order valence-corrected chi connectivity index (χ3v) is 7.10. The Kier molecular flexibility index (Phi) is 10.9. The average Bonchev–Trinajstić information content (AvgIpc) is 2.92. The van der Waals surface area contributed by atoms with Crippen molar-refractivity contribution < 1.29 is 41.1 Å². The Morgan fingerprint density at radius 3 is 1.98 bits per heavy atom. The smallest absolute Gasteiger partial charge is 0.402 e. The third-order valence-electron chi connectivity index (χ3n) is 6.03. The summed E-state index contributed by atoms with van der Waals surface area (Å²) in [4.78, 5) is 38.2. The van der Waals surface area contributed by atoms with E-state index in [1.165, 1.54) is 54.6 Å². The Labute approximate surface area is 257 Å². The highest BCUT2D eigenvalue weighted by molar-refractivity contribution is 6.42. The van der Waals surface area contributed by atoms with Gasteiger partial charge < -0.3 is 20.7 Å². The van der Waals surface area contributed by atoms with Crippen molar-refractivity contribution in [1.29, 1.82) is 0 Å². The molecule has 0 heterocycles. The van der Waals surface area contributed by atoms with Crippen LogP contribution in [0.25, 0.3) is 0 Å². The van der Waals surface area contributed by atoms with Crippen molar-refractivity contribution in [3.63, 3.8) is 0 Å². The number of alkyl halides is 5. The number of benzene rings is 3. The maximum atomic E-state index is 13.2. The molecule has 0 aliphatic rings. The lowest BCUT2D eigenvalue weighted by Gasteiger charge is -2.26. The standard InChI is InChI=1S/C28H23Cl3F5N3O4/c1-27(2,28(34,35)36)26(42)37-12-14-3-6-19(29)17(9-14)24(40)38-15-5-8-22(43-13-23(32)33)18(10-15)25(41)39-16-4-7-20(30)21(31)11-16/h3-11,23H,12-13H2,1-2H3,(H,37,42)(H,38,40)(H,39,41). The molecule has 0 radical (unpaired) electrons. The van der Waals surface area contributed by atoms with Crippen LogP contribution in [0, 0.1) is 5.41 Å². The van der Waals surface area contributed by atoms with Gasteiger partial charge in [-0.2, -0.15) is 13.2 Å². The predicted octanol–water partition coefficient (Wildman–Crippen LogP) is 8.00. The molecule has 0 aromatic heterocycles. The Balaban J connectivity index is 1.82. The van der Waals surface area contributed by atoms with Crippen LogP contribution in [0.3, 0.4) is 0 Å². The van der Waals surface area contributed by atoms with Crippen molar-refractivity contribution in [3.8, 4) is 5.75 Å². The lowest BCUT2D eigenvalue weighted by atomic mass is 9.91. The van der Waals surface area contributed by atoms with Crippen molar-refractivity contribution in [1.82, 2.24) is 5.32 Å². The summed E-state index contributed by atoms with van der Waals surface area (Å²) in [5.41, 5.74) is -2.38. The molecule has 0 spiro atoms. The van der Waals surface area contributed by atoms with Crippen LogP contribution in [0.2, 0.25) is 15.1 Å². The lowest BCUT2D eigenvalue weighted by molar-refractivity contribution is -0.211. The maximum Gasteiger partial charge on any atom is 0.402 e. The lowest BCUT2D eigenvalue weighted by Crippen LogP contribution is -2.46. The molecule has 0 saturated carbocycles. The van der Waals surface area contributed by atoms with Gasteiger partial charge in [-0.3, -0.25) is 14.4 Å². The van der Waals surface area contributed by atoms with E-state index in [1.807, 2.05) is 0 Å². The summed E-state index contributed by atoms with van der Waals surface area (Å²) in [6.07, 6.45) is -7.61. The van der Waals surface area contributed by atoms with Crippen molar-refractivity contribution in [2.75, 3.05) is 17.2 Å². The summed E-state index contributed by atoms with van der Waals surface area (Å²) in [5, 5.41) is 7.62. The first kappa shape index (κ1) is 33.9. The van der Waals surface area contributed by atoms with Crippen molar-refractivity contribution in [2.45, 2.75) is 33.0 Å². The number of hydrogen-bond acceptors (Lipinski definition) is 4. The minimum atomic E-state index is -4.78. The van der Waals surface area contributed by atoms with Gasteiger partial charge in [-0.15, -0.1) is 0 Å². The van der Waals surface area contributed by atoms with E-state index in [9.17, 15) is 36.3 Å². The number of amides is 3. The van der Waals surface area contributed by atoms with Crippen molar-refractivity contribution in [2.24, 2.45) is 5.41 Å². The number of ether oxygens (including phenoxy) is 1. The zero-order valence-electron chi connectivity index (χ0n) is 22.3. The predicted molar refractivity (Wildman–Crippen MR) is 153 cm³/mol. The monoisotopic (exact) mass is 665 g/mol. The van der Waals surface area contributed by atoms with E-state index in [1.54, 1.807) is 0 Å². The molecule has 3 rings (SSSR count). The molecule has 0 fully saturated rings. The second kappa shape index (κ2) is 13.8. The van der Waals surface area contributed by atoms with Crippen LogP contribution in [0.1, 0.15) is 40.1 Å². The first-order chi connectivity index (χ1) is 20.0. The van der Waals surface area contributed by atoms with E-state index in [0.29, 0.717) is 0 Å². The molecule has 15 heteroatoms. The Morgan fingerprint density at radius 1 is 0.791 bits per heavy atom. The zero-order chi connectivity index (χ0) is 32.1. The van der Waals surface area contributed by atoms with Crippen LogP contribution in [0.15, 0.2) is 54.6 Å². The number of carbonyl (C=O) groups excluding carboxylic acids is 3. The van der Waals surface area contributed by atoms with E-state index in [4.69, 9.17) is 39.5 Å². The fourth-order valence-electron chi connectivity index (χ4n) is 3.42. The Hall–Kier alpha value is -3.61. The summed E-state index contributed by atoms with van der Waals surface area (Å²) < 4.78 is 70.1. The number of anilines is 2. The molecule has 230 valence electrons. The van der Waals surface area contributed by atoms with E-state index in [-0.39, 0.29) is 55.4 Å². The van der Waals surface area contributed by atoms with Gasteiger partial charge in [-0.05, 0) is 67.9 Å². The quantitative estimate of drug-likeness (QED) is 0.191. The molecular weight excluding hydrogens is 644 g/mol. The highest BCUT2D eigenvalue weighted by Gasteiger charge is 2.52. The molecule has 0 saturated heterocycles. The van der Waals surface area contributed by atoms with Gasteiger partial charge >= 0.3 is 6.18 Å². The van der Waals surface area contributed by atoms with Gasteiger partial charge in [0.25, 0.3) is 18.2 Å². The summed E-state index contributed by atoms with van der Waals surface area (Å²) in [6.45, 7) is 0.154. The largest absolute Gasteiger partial charge is 0.487 e. The molecule has 43 heavy (non-hydrogen) atoms. The second-order valence-electron chi connectivity index (χ2n) is 9.57. The van der Waals surface area contributed by atoms with Gasteiger partial charge in [0.15, 0.2) is 0 Å². The number of hydrogen-bond donors (Lipinski definition) is 3. The van der Waals surface area contributed by atoms with E-state index in [0.717, 1.165) is 13.8 Å². The Morgan fingerprint density at radius 2 is 1.37 bits per heavy atom. The molecule has 3 N–H and O–H groups in total. The van der Waals surface area contributed by atoms with Gasteiger partial charge in [-0.25, -0.2) is 8.78 Å². The average molecular weight is 667 g/mol. The number of halogens is 8. The van der Waals surface area contributed by atoms with E-state index < -0.39 is 42.3 Å². The van der Waals surface area contributed by atoms with Gasteiger partial charge in [0.2, 0.25) is 5.91 Å². The van der Waals surface area contributed by atoms with Crippen molar-refractivity contribution >= 4 is 63.9 Å². The van der Waals surface area contributed by atoms with E-state index in [2.05, 4.69) is 16.0 Å². The van der Waals surface area contributed by atoms with Gasteiger partial charge in [0.05, 0.1) is 26.2 Å². The summed E-state index contributed by atoms with van der Waals surface area (Å²) in [5.74, 6) is -3.02. The molecule has 3 aromatic rings. The molecule has 0 unspecified atom stereocenters. The zero-order valence-corrected chi connectivity index (χ0v) is 24.6. The van der Waals surface area contributed by atoms with Crippen LogP contribution in [0.5, 0.6) is 5.75 Å². The SMILES string of the molecule is CC(C)(C(=O)NCc1ccc(Cl)c(C(=O)Nc2ccc(OCC(F)F)c(C(=O)Nc3ccc(Cl)c(Cl)c3)c2)c1)C(F)(F)F. The minimum absolute atomic E-state index is 0.0160. The molecule has 7 nitrogen and oxygen atoms in total. The topological polar surface area (TPSA) is 96.5 Å². The first-order valence-electron chi connectivity index (χ1n) is 12.3. The van der Waals surface area contributed by atoms with E-state index >= 15 is 0 Å². The molecular formula is C28H23Cl3F5N3O4. The maximum absolute atomic E-state index is 13.2. The van der Waals surface area contributed by atoms with Crippen LogP contribution in [0.4, 0.5) is 33.3 Å². The highest BCUT2D eigenvalue weighted by Crippen LogP contribution is 2.37. The highest BCUT2D eigenvalue weighted by atomic mass is 35.5. The summed E-state index contributed by atoms with van der Waals surface area (Å²) in [7, 11) is 0. The van der Waals surface area contributed by atoms with Crippen LogP contribution >= 0.6 is 34.8 Å². The molecule has 3 amide bonds. The Bertz CT molecular complexity index is 1530. The first-order valence-corrected chi connectivity index (χ1v) is 13.4. The normalized spacial score (nSPS) is 11.7.